The van der Waals surface area contributed by atoms with Gasteiger partial charge in [-0.3, -0.25) is 15.0 Å². The van der Waals surface area contributed by atoms with Crippen molar-refractivity contribution < 1.29 is 9.89 Å². The van der Waals surface area contributed by atoms with Crippen LogP contribution in [0.2, 0.25) is 0 Å². The number of hydrogen-bond acceptors (Lipinski definition) is 4. The van der Waals surface area contributed by atoms with E-state index in [-0.39, 0.29) is 0 Å². The number of rotatable bonds is 0. The van der Waals surface area contributed by atoms with Gasteiger partial charge in [-0.05, 0) is 12.1 Å². The molecule has 7 nitrogen and oxygen atoms in total. The van der Waals surface area contributed by atoms with Crippen LogP contribution in [0.3, 0.4) is 0 Å². The van der Waals surface area contributed by atoms with Crippen LogP contribution in [0.15, 0.2) is 18.3 Å². The van der Waals surface area contributed by atoms with Crippen molar-refractivity contribution in [1.82, 2.24) is 20.3 Å². The van der Waals surface area contributed by atoms with Gasteiger partial charge in [-0.25, -0.2) is 4.98 Å². The average molecular weight is 237 g/mol. The molecule has 0 spiro atoms. The molecule has 0 aromatic carbocycles. The number of nitrogens with one attached hydrogen (secondary N) is 1. The summed E-state index contributed by atoms with van der Waals surface area (Å²) in [7, 11) is 7.75. The summed E-state index contributed by atoms with van der Waals surface area (Å²) in [6.07, 6.45) is 1.64. The van der Waals surface area contributed by atoms with Gasteiger partial charge in [0.1, 0.15) is 0 Å². The van der Waals surface area contributed by atoms with Crippen LogP contribution in [0.4, 0.5) is 11.5 Å². The molecule has 0 saturated heterocycles. The summed E-state index contributed by atoms with van der Waals surface area (Å²) in [6.45, 7) is 0. The van der Waals surface area contributed by atoms with Crippen molar-refractivity contribution in [3.05, 3.63) is 18.3 Å². The highest BCUT2D eigenvalue weighted by atomic mass is 16.6. The number of aromatic nitrogens is 1. The predicted molar refractivity (Wildman–Crippen MR) is 63.9 cm³/mol. The van der Waals surface area contributed by atoms with Crippen molar-refractivity contribution >= 4 is 17.5 Å². The molecule has 0 aliphatic carbocycles. The Balaban J connectivity index is 2.58. The lowest BCUT2D eigenvalue weighted by molar-refractivity contribution is -0.515. The van der Waals surface area contributed by atoms with Crippen LogP contribution in [-0.2, 0) is 0 Å². The number of hydrogen-bond donors (Lipinski definition) is 2. The van der Waals surface area contributed by atoms with Crippen LogP contribution >= 0.6 is 0 Å². The third kappa shape index (κ3) is 1.84. The summed E-state index contributed by atoms with van der Waals surface area (Å²) in [5, 5.41) is 10.6. The van der Waals surface area contributed by atoms with Crippen LogP contribution in [0, 0.1) is 0 Å². The van der Waals surface area contributed by atoms with Gasteiger partial charge in [0.25, 0.3) is 0 Å². The maximum atomic E-state index is 9.73. The Bertz CT molecular complexity index is 446. The highest BCUT2D eigenvalue weighted by Crippen LogP contribution is 2.27. The number of hydrazone groups is 1. The van der Waals surface area contributed by atoms with Crippen LogP contribution in [-0.4, -0.2) is 58.8 Å². The molecular formula is C10H17N6O+. The SMILES string of the molecule is CN(C)C(N(C)C)=[N+]1NN(O)c2ncccc21. The zero-order chi connectivity index (χ0) is 12.6. The fourth-order valence-electron chi connectivity index (χ4n) is 1.87. The maximum Gasteiger partial charge on any atom is 0.378 e. The van der Waals surface area contributed by atoms with Crippen LogP contribution in [0.1, 0.15) is 0 Å². The summed E-state index contributed by atoms with van der Waals surface area (Å²) in [5.74, 6) is 1.37. The van der Waals surface area contributed by atoms with E-state index in [1.165, 1.54) is 0 Å². The third-order valence-corrected chi connectivity index (χ3v) is 2.40. The van der Waals surface area contributed by atoms with E-state index < -0.39 is 0 Å². The van der Waals surface area contributed by atoms with Crippen LogP contribution in [0.5, 0.6) is 0 Å². The molecule has 2 rings (SSSR count). The fourth-order valence-corrected chi connectivity index (χ4v) is 1.87. The maximum absolute atomic E-state index is 9.73. The number of pyridine rings is 1. The summed E-state index contributed by atoms with van der Waals surface area (Å²) >= 11 is 0. The van der Waals surface area contributed by atoms with Crippen LogP contribution in [0.25, 0.3) is 0 Å². The lowest BCUT2D eigenvalue weighted by atomic mass is 10.4. The monoisotopic (exact) mass is 237 g/mol. The zero-order valence-corrected chi connectivity index (χ0v) is 10.4. The van der Waals surface area contributed by atoms with Gasteiger partial charge in [-0.1, -0.05) is 0 Å². The Kier molecular flexibility index (Phi) is 2.76. The lowest BCUT2D eigenvalue weighted by Crippen LogP contribution is -2.47. The zero-order valence-electron chi connectivity index (χ0n) is 10.4. The first-order chi connectivity index (χ1) is 8.02. The van der Waals surface area contributed by atoms with E-state index >= 15 is 0 Å². The van der Waals surface area contributed by atoms with Gasteiger partial charge >= 0.3 is 5.96 Å². The van der Waals surface area contributed by atoms with Gasteiger partial charge in [-0.15, -0.1) is 9.86 Å². The fraction of sp³-hybridized carbons (Fsp3) is 0.400. The van der Waals surface area contributed by atoms with E-state index in [1.54, 1.807) is 10.9 Å². The van der Waals surface area contributed by atoms with Gasteiger partial charge in [-0.2, -0.15) is 5.53 Å². The summed E-state index contributed by atoms with van der Waals surface area (Å²) < 4.78 is 1.77. The standard InChI is InChI=1S/C10H17N6O/c1-13(2)10(14(3)4)15-8-6-5-7-11-9(8)16(17)12-15/h5-7,12,17H,1-4H3/q+1. The Morgan fingerprint density at radius 3 is 2.59 bits per heavy atom. The molecule has 0 fully saturated rings. The molecule has 1 aromatic heterocycles. The normalized spacial score (nSPS) is 13.2. The van der Waals surface area contributed by atoms with Gasteiger partial charge in [0.2, 0.25) is 5.82 Å². The van der Waals surface area contributed by atoms with E-state index in [2.05, 4.69) is 10.5 Å². The molecule has 0 bridgehead atoms. The molecule has 1 aromatic rings. The Morgan fingerprint density at radius 1 is 1.35 bits per heavy atom. The second-order valence-corrected chi connectivity index (χ2v) is 4.18. The van der Waals surface area contributed by atoms with E-state index in [4.69, 9.17) is 0 Å². The van der Waals surface area contributed by atoms with Crippen molar-refractivity contribution in [2.75, 3.05) is 33.4 Å². The van der Waals surface area contributed by atoms with Gasteiger partial charge in [0.05, 0.1) is 28.2 Å². The van der Waals surface area contributed by atoms with E-state index in [1.807, 2.05) is 50.1 Å². The molecule has 0 atom stereocenters. The molecule has 0 saturated carbocycles. The number of anilines is 1. The Hall–Kier alpha value is -2.02. The quantitative estimate of drug-likeness (QED) is 0.483. The van der Waals surface area contributed by atoms with Gasteiger partial charge in [0.15, 0.2) is 5.69 Å². The van der Waals surface area contributed by atoms with Crippen molar-refractivity contribution in [2.24, 2.45) is 0 Å². The van der Waals surface area contributed by atoms with Gasteiger partial charge in [0, 0.05) is 6.20 Å². The van der Waals surface area contributed by atoms with Crippen molar-refractivity contribution in [2.45, 2.75) is 0 Å². The molecule has 2 N–H and O–H groups in total. The largest absolute Gasteiger partial charge is 0.378 e. The summed E-state index contributed by atoms with van der Waals surface area (Å²) in [6, 6.07) is 3.72. The number of guanidine groups is 1. The number of nitrogens with zero attached hydrogens (tertiary/aromatic N) is 5. The lowest BCUT2D eigenvalue weighted by Gasteiger charge is -2.18. The minimum atomic E-state index is 0.480. The first-order valence-electron chi connectivity index (χ1n) is 5.24. The van der Waals surface area contributed by atoms with Crippen molar-refractivity contribution in [1.29, 1.82) is 0 Å². The molecule has 0 radical (unpaired) electrons. The number of hydrazine groups is 2. The molecule has 17 heavy (non-hydrogen) atoms. The second kappa shape index (κ2) is 4.10. The average Bonchev–Trinajstić information content (AvgIpc) is 2.56. The minimum Gasteiger partial charge on any atom is -0.268 e. The molecule has 0 unspecified atom stereocenters. The van der Waals surface area contributed by atoms with Crippen LogP contribution < -0.4 is 10.7 Å². The topological polar surface area (TPSA) is 57.9 Å². The Morgan fingerprint density at radius 2 is 2.00 bits per heavy atom. The first kappa shape index (κ1) is 11.5. The van der Waals surface area contributed by atoms with Crippen molar-refractivity contribution in [3.63, 3.8) is 0 Å². The predicted octanol–water partition coefficient (Wildman–Crippen LogP) is -0.166. The highest BCUT2D eigenvalue weighted by molar-refractivity contribution is 5.77. The molecule has 7 heteroatoms. The van der Waals surface area contributed by atoms with Crippen molar-refractivity contribution in [3.8, 4) is 0 Å². The third-order valence-electron chi connectivity index (χ3n) is 2.40. The van der Waals surface area contributed by atoms with Gasteiger partial charge < -0.3 is 0 Å². The number of fused-ring (bicyclic) bond motifs is 1. The van der Waals surface area contributed by atoms with E-state index in [0.717, 1.165) is 16.8 Å². The van der Waals surface area contributed by atoms with E-state index in [0.29, 0.717) is 5.82 Å². The smallest absolute Gasteiger partial charge is 0.268 e. The van der Waals surface area contributed by atoms with E-state index in [9.17, 15) is 5.21 Å². The molecular weight excluding hydrogens is 220 g/mol. The summed E-state index contributed by atoms with van der Waals surface area (Å²) in [4.78, 5) is 8.01. The first-order valence-corrected chi connectivity index (χ1v) is 5.24. The molecule has 92 valence electrons. The molecule has 2 heterocycles. The molecule has 1 aliphatic heterocycles. The highest BCUT2D eigenvalue weighted by Gasteiger charge is 2.31. The Labute approximate surface area is 100 Å². The molecule has 0 amide bonds. The minimum absolute atomic E-state index is 0.480. The molecule has 1 aliphatic rings. The second-order valence-electron chi connectivity index (χ2n) is 4.18. The summed E-state index contributed by atoms with van der Waals surface area (Å²) in [5.41, 5.74) is 3.62.